The van der Waals surface area contributed by atoms with Gasteiger partial charge in [-0.25, -0.2) is 0 Å². The first-order valence-electron chi connectivity index (χ1n) is 7.42. The van der Waals surface area contributed by atoms with Crippen molar-refractivity contribution in [3.8, 4) is 5.75 Å². The first-order valence-corrected chi connectivity index (χ1v) is 7.42. The molecule has 0 aliphatic heterocycles. The molecular formula is C16H25NO2. The van der Waals surface area contributed by atoms with Crippen LogP contribution in [0.2, 0.25) is 0 Å². The minimum atomic E-state index is -0.369. The average molecular weight is 263 g/mol. The Morgan fingerprint density at radius 1 is 1.42 bits per heavy atom. The van der Waals surface area contributed by atoms with E-state index in [-0.39, 0.29) is 6.10 Å². The largest absolute Gasteiger partial charge is 0.491 e. The highest BCUT2D eigenvalue weighted by molar-refractivity contribution is 5.45. The molecule has 0 radical (unpaired) electrons. The molecule has 2 atom stereocenters. The Labute approximate surface area is 116 Å². The third-order valence-electron chi connectivity index (χ3n) is 3.77. The Morgan fingerprint density at radius 2 is 2.26 bits per heavy atom. The van der Waals surface area contributed by atoms with Gasteiger partial charge in [-0.2, -0.15) is 0 Å². The lowest BCUT2D eigenvalue weighted by molar-refractivity contribution is 0.104. The van der Waals surface area contributed by atoms with Crippen LogP contribution >= 0.6 is 0 Å². The molecule has 3 nitrogen and oxygen atoms in total. The maximum Gasteiger partial charge on any atom is 0.122 e. The number of nitrogens with one attached hydrogen (secondary N) is 1. The second-order valence-corrected chi connectivity index (χ2v) is 5.24. The lowest BCUT2D eigenvalue weighted by Gasteiger charge is -2.16. The number of benzene rings is 1. The molecule has 0 amide bonds. The summed E-state index contributed by atoms with van der Waals surface area (Å²) < 4.78 is 5.78. The summed E-state index contributed by atoms with van der Waals surface area (Å²) in [6.07, 6.45) is 3.73. The topological polar surface area (TPSA) is 41.5 Å². The molecule has 19 heavy (non-hydrogen) atoms. The monoisotopic (exact) mass is 263 g/mol. The van der Waals surface area contributed by atoms with Crippen LogP contribution in [0.25, 0.3) is 0 Å². The molecule has 0 spiro atoms. The quantitative estimate of drug-likeness (QED) is 0.795. The van der Waals surface area contributed by atoms with E-state index in [1.807, 2.05) is 13.0 Å². The number of rotatable bonds is 7. The highest BCUT2D eigenvalue weighted by atomic mass is 16.5. The fourth-order valence-corrected chi connectivity index (χ4v) is 2.59. The van der Waals surface area contributed by atoms with E-state index in [1.165, 1.54) is 11.1 Å². The van der Waals surface area contributed by atoms with Crippen molar-refractivity contribution in [3.05, 3.63) is 29.3 Å². The first kappa shape index (κ1) is 14.4. The number of hydrogen-bond acceptors (Lipinski definition) is 3. The van der Waals surface area contributed by atoms with E-state index in [1.54, 1.807) is 0 Å². The van der Waals surface area contributed by atoms with Crippen LogP contribution in [0.15, 0.2) is 18.2 Å². The van der Waals surface area contributed by atoms with Crippen molar-refractivity contribution in [2.45, 2.75) is 51.7 Å². The number of fused-ring (bicyclic) bond motifs is 1. The molecule has 0 fully saturated rings. The Hall–Kier alpha value is -1.06. The minimum absolute atomic E-state index is 0.369. The van der Waals surface area contributed by atoms with E-state index in [4.69, 9.17) is 4.74 Å². The second-order valence-electron chi connectivity index (χ2n) is 5.24. The van der Waals surface area contributed by atoms with Gasteiger partial charge in [0, 0.05) is 6.04 Å². The maximum absolute atomic E-state index is 9.60. The summed E-state index contributed by atoms with van der Waals surface area (Å²) in [5, 5.41) is 13.2. The smallest absolute Gasteiger partial charge is 0.122 e. The lowest BCUT2D eigenvalue weighted by Crippen LogP contribution is -2.20. The van der Waals surface area contributed by atoms with Crippen LogP contribution in [-0.2, 0) is 6.42 Å². The van der Waals surface area contributed by atoms with Gasteiger partial charge in [-0.1, -0.05) is 26.0 Å². The van der Waals surface area contributed by atoms with Crippen molar-refractivity contribution >= 4 is 0 Å². The van der Waals surface area contributed by atoms with E-state index in [2.05, 4.69) is 24.4 Å². The SMILES string of the molecule is CCCNC1CCc2c(OCC(O)CC)cccc21. The Kier molecular flexibility index (Phi) is 5.23. The van der Waals surface area contributed by atoms with Crippen LogP contribution in [0.3, 0.4) is 0 Å². The van der Waals surface area contributed by atoms with Gasteiger partial charge >= 0.3 is 0 Å². The van der Waals surface area contributed by atoms with Crippen LogP contribution in [-0.4, -0.2) is 24.4 Å². The highest BCUT2D eigenvalue weighted by Crippen LogP contribution is 2.36. The normalized spacial score (nSPS) is 19.2. The second kappa shape index (κ2) is 6.92. The van der Waals surface area contributed by atoms with Crippen LogP contribution in [0.1, 0.15) is 50.3 Å². The van der Waals surface area contributed by atoms with E-state index < -0.39 is 0 Å². The number of aliphatic hydroxyl groups is 1. The summed E-state index contributed by atoms with van der Waals surface area (Å²) >= 11 is 0. The standard InChI is InChI=1S/C16H25NO2/c1-3-10-17-15-9-8-14-13(15)6-5-7-16(14)19-11-12(18)4-2/h5-7,12,15,17-18H,3-4,8-11H2,1-2H3. The van der Waals surface area contributed by atoms with Crippen LogP contribution in [0.5, 0.6) is 5.75 Å². The average Bonchev–Trinajstić information content (AvgIpc) is 2.86. The molecule has 0 heterocycles. The first-order chi connectivity index (χ1) is 9.26. The van der Waals surface area contributed by atoms with Crippen molar-refractivity contribution in [1.29, 1.82) is 0 Å². The summed E-state index contributed by atoms with van der Waals surface area (Å²) in [4.78, 5) is 0. The van der Waals surface area contributed by atoms with Crippen molar-refractivity contribution in [1.82, 2.24) is 5.32 Å². The molecule has 1 aliphatic carbocycles. The maximum atomic E-state index is 9.60. The summed E-state index contributed by atoms with van der Waals surface area (Å²) in [7, 11) is 0. The zero-order valence-corrected chi connectivity index (χ0v) is 12.0. The summed E-state index contributed by atoms with van der Waals surface area (Å²) in [6, 6.07) is 6.73. The number of ether oxygens (including phenoxy) is 1. The molecule has 0 saturated heterocycles. The molecule has 2 N–H and O–H groups in total. The van der Waals surface area contributed by atoms with Gasteiger partial charge in [-0.15, -0.1) is 0 Å². The van der Waals surface area contributed by atoms with Crippen molar-refractivity contribution in [2.75, 3.05) is 13.2 Å². The van der Waals surface area contributed by atoms with Gasteiger partial charge in [0.1, 0.15) is 12.4 Å². The molecule has 3 heteroatoms. The van der Waals surface area contributed by atoms with Gasteiger partial charge < -0.3 is 15.2 Å². The molecule has 1 aromatic rings. The lowest BCUT2D eigenvalue weighted by atomic mass is 10.1. The summed E-state index contributed by atoms with van der Waals surface area (Å²) in [5.41, 5.74) is 2.69. The van der Waals surface area contributed by atoms with Crippen LogP contribution < -0.4 is 10.1 Å². The predicted molar refractivity (Wildman–Crippen MR) is 77.6 cm³/mol. The van der Waals surface area contributed by atoms with Gasteiger partial charge in [0.25, 0.3) is 0 Å². The molecule has 2 unspecified atom stereocenters. The Bertz CT molecular complexity index is 406. The molecule has 1 aliphatic rings. The van der Waals surface area contributed by atoms with E-state index in [0.29, 0.717) is 12.6 Å². The molecule has 1 aromatic carbocycles. The van der Waals surface area contributed by atoms with Crippen molar-refractivity contribution < 1.29 is 9.84 Å². The molecular weight excluding hydrogens is 238 g/mol. The van der Waals surface area contributed by atoms with E-state index >= 15 is 0 Å². The molecule has 0 saturated carbocycles. The van der Waals surface area contributed by atoms with Gasteiger partial charge in [0.2, 0.25) is 0 Å². The van der Waals surface area contributed by atoms with E-state index in [0.717, 1.165) is 38.0 Å². The highest BCUT2D eigenvalue weighted by Gasteiger charge is 2.24. The zero-order valence-electron chi connectivity index (χ0n) is 12.0. The van der Waals surface area contributed by atoms with Crippen LogP contribution in [0.4, 0.5) is 0 Å². The van der Waals surface area contributed by atoms with E-state index in [9.17, 15) is 5.11 Å². The Morgan fingerprint density at radius 3 is 3.00 bits per heavy atom. The van der Waals surface area contributed by atoms with Gasteiger partial charge in [0.15, 0.2) is 0 Å². The van der Waals surface area contributed by atoms with Crippen molar-refractivity contribution in [2.24, 2.45) is 0 Å². The third-order valence-corrected chi connectivity index (χ3v) is 3.77. The van der Waals surface area contributed by atoms with Gasteiger partial charge in [0.05, 0.1) is 6.10 Å². The van der Waals surface area contributed by atoms with Gasteiger partial charge in [-0.3, -0.25) is 0 Å². The van der Waals surface area contributed by atoms with Crippen molar-refractivity contribution in [3.63, 3.8) is 0 Å². The Balaban J connectivity index is 2.05. The minimum Gasteiger partial charge on any atom is -0.491 e. The van der Waals surface area contributed by atoms with Crippen LogP contribution in [0, 0.1) is 0 Å². The number of aliphatic hydroxyl groups excluding tert-OH is 1. The fraction of sp³-hybridized carbons (Fsp3) is 0.625. The third kappa shape index (κ3) is 3.48. The molecule has 0 aromatic heterocycles. The summed E-state index contributed by atoms with van der Waals surface area (Å²) in [5.74, 6) is 0.950. The summed E-state index contributed by atoms with van der Waals surface area (Å²) in [6.45, 7) is 5.60. The fourth-order valence-electron chi connectivity index (χ4n) is 2.59. The van der Waals surface area contributed by atoms with Gasteiger partial charge in [-0.05, 0) is 49.4 Å². The molecule has 2 rings (SSSR count). The predicted octanol–water partition coefficient (Wildman–Crippen LogP) is 2.82. The zero-order chi connectivity index (χ0) is 13.7. The molecule has 0 bridgehead atoms. The molecule has 106 valence electrons. The number of hydrogen-bond donors (Lipinski definition) is 2.